The second-order valence-electron chi connectivity index (χ2n) is 8.65. The summed E-state index contributed by atoms with van der Waals surface area (Å²) in [6.45, 7) is 5.92. The first-order valence-corrected chi connectivity index (χ1v) is 11.0. The van der Waals surface area contributed by atoms with Gasteiger partial charge in [0.1, 0.15) is 5.75 Å². The molecule has 0 saturated carbocycles. The smallest absolute Gasteiger partial charge is 0.161 e. The Hall–Kier alpha value is -2.53. The van der Waals surface area contributed by atoms with Crippen LogP contribution in [0.5, 0.6) is 17.2 Å². The summed E-state index contributed by atoms with van der Waals surface area (Å²) in [7, 11) is 5.03. The molecule has 5 heteroatoms. The summed E-state index contributed by atoms with van der Waals surface area (Å²) < 4.78 is 22.4. The number of hydrogen-bond acceptors (Lipinski definition) is 5. The lowest BCUT2D eigenvalue weighted by molar-refractivity contribution is -0.0771. The van der Waals surface area contributed by atoms with Crippen molar-refractivity contribution >= 4 is 6.21 Å². The molecule has 1 aliphatic heterocycles. The van der Waals surface area contributed by atoms with Gasteiger partial charge in [0.2, 0.25) is 0 Å². The first kappa shape index (κ1) is 23.1. The van der Waals surface area contributed by atoms with Gasteiger partial charge < -0.3 is 18.9 Å². The summed E-state index contributed by atoms with van der Waals surface area (Å²) >= 11 is 0. The van der Waals surface area contributed by atoms with Crippen molar-refractivity contribution in [3.8, 4) is 17.2 Å². The Morgan fingerprint density at radius 3 is 2.48 bits per heavy atom. The number of aliphatic imine (C=N–C) groups is 1. The zero-order chi connectivity index (χ0) is 22.3. The molecule has 1 heterocycles. The lowest BCUT2D eigenvalue weighted by atomic mass is 9.75. The Morgan fingerprint density at radius 1 is 1.03 bits per heavy atom. The van der Waals surface area contributed by atoms with Crippen molar-refractivity contribution in [1.82, 2.24) is 0 Å². The fraction of sp³-hybridized carbons (Fsp3) is 0.500. The van der Waals surface area contributed by atoms with Crippen molar-refractivity contribution in [2.24, 2.45) is 10.9 Å². The zero-order valence-corrected chi connectivity index (χ0v) is 19.4. The third-order valence-corrected chi connectivity index (χ3v) is 6.06. The van der Waals surface area contributed by atoms with E-state index in [1.54, 1.807) is 21.3 Å². The molecule has 0 bridgehead atoms. The van der Waals surface area contributed by atoms with Crippen LogP contribution in [0.1, 0.15) is 50.2 Å². The minimum Gasteiger partial charge on any atom is -0.496 e. The summed E-state index contributed by atoms with van der Waals surface area (Å²) in [5, 5.41) is 0. The molecule has 3 rings (SSSR count). The van der Waals surface area contributed by atoms with Gasteiger partial charge in [0, 0.05) is 19.4 Å². The molecular weight excluding hydrogens is 390 g/mol. The summed E-state index contributed by atoms with van der Waals surface area (Å²) in [4.78, 5) is 4.73. The SMILES string of the molecule is COc1ccc(C=NCC[C@@H](c2ccccc2OC)[C@H]2CCOC(C)(C)C2)cc1OC. The highest BCUT2D eigenvalue weighted by atomic mass is 16.5. The summed E-state index contributed by atoms with van der Waals surface area (Å²) in [6.07, 6.45) is 4.97. The van der Waals surface area contributed by atoms with E-state index in [0.29, 0.717) is 17.6 Å². The summed E-state index contributed by atoms with van der Waals surface area (Å²) in [6, 6.07) is 14.2. The van der Waals surface area contributed by atoms with Crippen LogP contribution in [0.15, 0.2) is 47.5 Å². The van der Waals surface area contributed by atoms with Crippen molar-refractivity contribution in [3.63, 3.8) is 0 Å². The molecular formula is C26H35NO4. The van der Waals surface area contributed by atoms with Gasteiger partial charge >= 0.3 is 0 Å². The number of methoxy groups -OCH3 is 3. The second-order valence-corrected chi connectivity index (χ2v) is 8.65. The van der Waals surface area contributed by atoms with E-state index in [0.717, 1.165) is 49.5 Å². The zero-order valence-electron chi connectivity index (χ0n) is 19.4. The molecule has 1 saturated heterocycles. The quantitative estimate of drug-likeness (QED) is 0.497. The van der Waals surface area contributed by atoms with Crippen LogP contribution in [0.2, 0.25) is 0 Å². The number of rotatable bonds is 9. The van der Waals surface area contributed by atoms with Crippen molar-refractivity contribution in [1.29, 1.82) is 0 Å². The van der Waals surface area contributed by atoms with Gasteiger partial charge in [-0.05, 0) is 80.3 Å². The van der Waals surface area contributed by atoms with E-state index in [4.69, 9.17) is 23.9 Å². The van der Waals surface area contributed by atoms with Crippen molar-refractivity contribution < 1.29 is 18.9 Å². The molecule has 1 fully saturated rings. The van der Waals surface area contributed by atoms with Crippen LogP contribution in [0.25, 0.3) is 0 Å². The van der Waals surface area contributed by atoms with Crippen molar-refractivity contribution in [3.05, 3.63) is 53.6 Å². The Bertz CT molecular complexity index is 877. The average molecular weight is 426 g/mol. The largest absolute Gasteiger partial charge is 0.496 e. The first-order valence-electron chi connectivity index (χ1n) is 11.0. The van der Waals surface area contributed by atoms with Gasteiger partial charge in [0.25, 0.3) is 0 Å². The topological polar surface area (TPSA) is 49.3 Å². The Labute approximate surface area is 186 Å². The van der Waals surface area contributed by atoms with Gasteiger partial charge in [-0.1, -0.05) is 18.2 Å². The molecule has 0 aliphatic carbocycles. The van der Waals surface area contributed by atoms with E-state index in [1.807, 2.05) is 30.5 Å². The van der Waals surface area contributed by atoms with Crippen LogP contribution in [0, 0.1) is 5.92 Å². The Morgan fingerprint density at radius 2 is 1.77 bits per heavy atom. The van der Waals surface area contributed by atoms with Gasteiger partial charge in [-0.15, -0.1) is 0 Å². The van der Waals surface area contributed by atoms with Gasteiger partial charge in [0.05, 0.1) is 26.9 Å². The molecule has 2 aromatic carbocycles. The molecule has 0 N–H and O–H groups in total. The minimum atomic E-state index is -0.0912. The third-order valence-electron chi connectivity index (χ3n) is 6.06. The lowest BCUT2D eigenvalue weighted by Gasteiger charge is -2.39. The molecule has 168 valence electrons. The molecule has 0 radical (unpaired) electrons. The normalized spacial score (nSPS) is 19.2. The van der Waals surface area contributed by atoms with E-state index in [-0.39, 0.29) is 5.60 Å². The predicted octanol–water partition coefficient (Wildman–Crippen LogP) is 5.51. The fourth-order valence-corrected chi connectivity index (χ4v) is 4.56. The molecule has 0 aromatic heterocycles. The summed E-state index contributed by atoms with van der Waals surface area (Å²) in [5.41, 5.74) is 2.18. The Balaban J connectivity index is 1.75. The monoisotopic (exact) mass is 425 g/mol. The van der Waals surface area contributed by atoms with Gasteiger partial charge in [-0.2, -0.15) is 0 Å². The number of benzene rings is 2. The van der Waals surface area contributed by atoms with E-state index >= 15 is 0 Å². The van der Waals surface area contributed by atoms with Crippen LogP contribution < -0.4 is 14.2 Å². The fourth-order valence-electron chi connectivity index (χ4n) is 4.56. The molecule has 2 atom stereocenters. The third kappa shape index (κ3) is 6.01. The number of ether oxygens (including phenoxy) is 4. The highest BCUT2D eigenvalue weighted by molar-refractivity contribution is 5.80. The van der Waals surface area contributed by atoms with Crippen LogP contribution in [-0.4, -0.2) is 46.3 Å². The van der Waals surface area contributed by atoms with Gasteiger partial charge in [-0.25, -0.2) is 0 Å². The highest BCUT2D eigenvalue weighted by Crippen LogP contribution is 2.42. The molecule has 1 aliphatic rings. The van der Waals surface area contributed by atoms with E-state index in [9.17, 15) is 0 Å². The molecule has 0 spiro atoms. The van der Waals surface area contributed by atoms with E-state index in [1.165, 1.54) is 5.56 Å². The van der Waals surface area contributed by atoms with E-state index < -0.39 is 0 Å². The molecule has 5 nitrogen and oxygen atoms in total. The maximum Gasteiger partial charge on any atom is 0.161 e. The number of hydrogen-bond donors (Lipinski definition) is 0. The van der Waals surface area contributed by atoms with Crippen LogP contribution in [0.4, 0.5) is 0 Å². The van der Waals surface area contributed by atoms with Crippen molar-refractivity contribution in [2.75, 3.05) is 34.5 Å². The predicted molar refractivity (Wildman–Crippen MR) is 125 cm³/mol. The average Bonchev–Trinajstić information content (AvgIpc) is 2.78. The Kier molecular flexibility index (Phi) is 7.97. The maximum absolute atomic E-state index is 5.98. The first-order chi connectivity index (χ1) is 15.0. The van der Waals surface area contributed by atoms with E-state index in [2.05, 4.69) is 32.0 Å². The number of nitrogens with zero attached hydrogens (tertiary/aromatic N) is 1. The molecule has 2 aromatic rings. The molecule has 31 heavy (non-hydrogen) atoms. The van der Waals surface area contributed by atoms with Crippen LogP contribution in [0.3, 0.4) is 0 Å². The minimum absolute atomic E-state index is 0.0912. The van der Waals surface area contributed by atoms with Crippen LogP contribution in [-0.2, 0) is 4.74 Å². The molecule has 0 amide bonds. The lowest BCUT2D eigenvalue weighted by Crippen LogP contribution is -2.36. The number of para-hydroxylation sites is 1. The highest BCUT2D eigenvalue weighted by Gasteiger charge is 2.34. The maximum atomic E-state index is 5.98. The standard InChI is InChI=1S/C26H35NO4/c1-26(2)17-20(13-15-31-26)21(22-8-6-7-9-23(22)28-3)12-14-27-18-19-10-11-24(29-4)25(16-19)30-5/h6-11,16,18,20-21H,12-15,17H2,1-5H3/t20-,21+/m0/s1. The molecule has 0 unspecified atom stereocenters. The van der Waals surface area contributed by atoms with Crippen molar-refractivity contribution in [2.45, 2.75) is 44.6 Å². The second kappa shape index (κ2) is 10.7. The summed E-state index contributed by atoms with van der Waals surface area (Å²) in [5.74, 6) is 3.31. The van der Waals surface area contributed by atoms with Gasteiger partial charge in [-0.3, -0.25) is 4.99 Å². The van der Waals surface area contributed by atoms with Gasteiger partial charge in [0.15, 0.2) is 11.5 Å². The van der Waals surface area contributed by atoms with Crippen LogP contribution >= 0.6 is 0 Å².